The Kier molecular flexibility index (Phi) is 5.42. The highest BCUT2D eigenvalue weighted by atomic mass is 32.1. The average molecular weight is 300 g/mol. The van der Waals surface area contributed by atoms with Gasteiger partial charge in [0.05, 0.1) is 19.8 Å². The summed E-state index contributed by atoms with van der Waals surface area (Å²) in [6, 6.07) is 0. The van der Waals surface area contributed by atoms with Gasteiger partial charge in [-0.25, -0.2) is 0 Å². The molecule has 0 unspecified atom stereocenters. The lowest BCUT2D eigenvalue weighted by atomic mass is 10.3. The van der Waals surface area contributed by atoms with Gasteiger partial charge in [-0.15, -0.1) is 0 Å². The van der Waals surface area contributed by atoms with E-state index in [9.17, 15) is 4.79 Å². The molecule has 1 aliphatic heterocycles. The van der Waals surface area contributed by atoms with E-state index in [4.69, 9.17) is 15.2 Å². The fourth-order valence-electron chi connectivity index (χ4n) is 1.94. The van der Waals surface area contributed by atoms with Crippen LogP contribution in [0.2, 0.25) is 0 Å². The van der Waals surface area contributed by atoms with Crippen LogP contribution in [0.15, 0.2) is 0 Å². The Bertz CT molecular complexity index is 446. The minimum atomic E-state index is 0.135. The number of nitrogens with two attached hydrogens (primary N) is 1. The predicted octanol–water partition coefficient (Wildman–Crippen LogP) is 0.785. The number of carbonyl (C=O) groups is 1. The highest BCUT2D eigenvalue weighted by Crippen LogP contribution is 2.34. The number of aromatic nitrogens is 1. The first-order chi connectivity index (χ1) is 9.72. The molecule has 0 spiro atoms. The second kappa shape index (κ2) is 7.30. The van der Waals surface area contributed by atoms with E-state index in [2.05, 4.69) is 9.69 Å². The topological polar surface area (TPSA) is 89.7 Å². The summed E-state index contributed by atoms with van der Waals surface area (Å²) < 4.78 is 14.7. The fraction of sp³-hybridized carbons (Fsp3) is 0.667. The van der Waals surface area contributed by atoms with Crippen LogP contribution in [0.5, 0.6) is 5.75 Å². The minimum Gasteiger partial charge on any atom is -0.487 e. The molecule has 0 aliphatic carbocycles. The average Bonchev–Trinajstić information content (AvgIpc) is 2.82. The molecule has 2 heterocycles. The van der Waals surface area contributed by atoms with Crippen LogP contribution in [0.4, 0.5) is 10.8 Å². The smallest absolute Gasteiger partial charge is 0.224 e. The summed E-state index contributed by atoms with van der Waals surface area (Å²) in [5.74, 6) is 1.10. The normalized spacial score (nSPS) is 15.2. The lowest BCUT2D eigenvalue weighted by Crippen LogP contribution is -2.41. The molecule has 3 N–H and O–H groups in total. The Labute approximate surface area is 122 Å². The molecule has 7 nitrogen and oxygen atoms in total. The summed E-state index contributed by atoms with van der Waals surface area (Å²) in [7, 11) is 0. The third-order valence-electron chi connectivity index (χ3n) is 2.95. The summed E-state index contributed by atoms with van der Waals surface area (Å²) in [5.41, 5.74) is 5.72. The molecule has 0 saturated carbocycles. The molecular formula is C12H20N4O3S. The van der Waals surface area contributed by atoms with E-state index in [1.165, 1.54) is 11.5 Å². The number of rotatable bonds is 6. The van der Waals surface area contributed by atoms with E-state index < -0.39 is 0 Å². The third kappa shape index (κ3) is 3.73. The van der Waals surface area contributed by atoms with E-state index in [1.54, 1.807) is 0 Å². The molecule has 0 radical (unpaired) electrons. The second-order valence-electron chi connectivity index (χ2n) is 4.33. The van der Waals surface area contributed by atoms with Crippen LogP contribution in [0.1, 0.15) is 13.3 Å². The van der Waals surface area contributed by atoms with Gasteiger partial charge in [0.15, 0.2) is 16.6 Å². The molecule has 1 aromatic rings. The number of nitrogens with zero attached hydrogens (tertiary/aromatic N) is 2. The van der Waals surface area contributed by atoms with Gasteiger partial charge in [-0.3, -0.25) is 4.79 Å². The van der Waals surface area contributed by atoms with Crippen LogP contribution in [-0.4, -0.2) is 54.6 Å². The van der Waals surface area contributed by atoms with Crippen molar-refractivity contribution in [2.75, 3.05) is 50.5 Å². The number of carbonyl (C=O) groups excluding carboxylic acids is 1. The van der Waals surface area contributed by atoms with Crippen LogP contribution in [0.25, 0.3) is 0 Å². The predicted molar refractivity (Wildman–Crippen MR) is 78.2 cm³/mol. The number of amides is 1. The number of hydrogen-bond acceptors (Lipinski definition) is 7. The Morgan fingerprint density at radius 2 is 2.30 bits per heavy atom. The third-order valence-corrected chi connectivity index (χ3v) is 3.75. The van der Waals surface area contributed by atoms with Crippen molar-refractivity contribution in [3.63, 3.8) is 0 Å². The van der Waals surface area contributed by atoms with Crippen molar-refractivity contribution in [2.45, 2.75) is 13.3 Å². The zero-order chi connectivity index (χ0) is 14.4. The van der Waals surface area contributed by atoms with Crippen molar-refractivity contribution < 1.29 is 14.3 Å². The number of nitrogens with one attached hydrogen (secondary N) is 1. The lowest BCUT2D eigenvalue weighted by Gasteiger charge is -2.26. The highest BCUT2D eigenvalue weighted by Gasteiger charge is 2.17. The fourth-order valence-corrected chi connectivity index (χ4v) is 2.63. The molecule has 0 bridgehead atoms. The molecule has 1 aromatic heterocycles. The Morgan fingerprint density at radius 3 is 3.00 bits per heavy atom. The van der Waals surface area contributed by atoms with Crippen molar-refractivity contribution in [3.05, 3.63) is 0 Å². The largest absolute Gasteiger partial charge is 0.487 e. The van der Waals surface area contributed by atoms with Crippen LogP contribution in [-0.2, 0) is 9.53 Å². The summed E-state index contributed by atoms with van der Waals surface area (Å²) in [6.07, 6.45) is 0.434. The van der Waals surface area contributed by atoms with Crippen molar-refractivity contribution in [3.8, 4) is 5.75 Å². The number of nitrogen functional groups attached to an aromatic ring is 1. The van der Waals surface area contributed by atoms with Gasteiger partial charge in [-0.2, -0.15) is 4.37 Å². The SMILES string of the molecule is CCOc1c(N)nsc1NCCC(=O)N1CCOCC1. The number of anilines is 2. The van der Waals surface area contributed by atoms with Gasteiger partial charge in [0.25, 0.3) is 0 Å². The van der Waals surface area contributed by atoms with Crippen molar-refractivity contribution in [1.29, 1.82) is 0 Å². The summed E-state index contributed by atoms with van der Waals surface area (Å²) in [5, 5.41) is 3.94. The van der Waals surface area contributed by atoms with E-state index in [0.29, 0.717) is 57.4 Å². The standard InChI is InChI=1S/C12H20N4O3S/c1-2-19-10-11(13)15-20-12(10)14-4-3-9(17)16-5-7-18-8-6-16/h14H,2-8H2,1H3,(H2,13,15). The molecule has 1 fully saturated rings. The van der Waals surface area contributed by atoms with Gasteiger partial charge in [-0.1, -0.05) is 0 Å². The number of morpholine rings is 1. The monoisotopic (exact) mass is 300 g/mol. The molecule has 0 atom stereocenters. The van der Waals surface area contributed by atoms with E-state index in [1.807, 2.05) is 11.8 Å². The van der Waals surface area contributed by atoms with Crippen molar-refractivity contribution >= 4 is 28.3 Å². The molecule has 1 saturated heterocycles. The van der Waals surface area contributed by atoms with Gasteiger partial charge in [0.1, 0.15) is 0 Å². The number of hydrogen-bond donors (Lipinski definition) is 2. The first kappa shape index (κ1) is 14.9. The zero-order valence-corrected chi connectivity index (χ0v) is 12.4. The van der Waals surface area contributed by atoms with Gasteiger partial charge < -0.3 is 25.4 Å². The van der Waals surface area contributed by atoms with Gasteiger partial charge in [0.2, 0.25) is 5.91 Å². The summed E-state index contributed by atoms with van der Waals surface area (Å²) in [6.45, 7) is 5.57. The van der Waals surface area contributed by atoms with Gasteiger partial charge in [-0.05, 0) is 18.5 Å². The molecule has 0 aromatic carbocycles. The maximum atomic E-state index is 12.0. The minimum absolute atomic E-state index is 0.135. The zero-order valence-electron chi connectivity index (χ0n) is 11.6. The van der Waals surface area contributed by atoms with Crippen LogP contribution >= 0.6 is 11.5 Å². The number of ether oxygens (including phenoxy) is 2. The molecular weight excluding hydrogens is 280 g/mol. The summed E-state index contributed by atoms with van der Waals surface area (Å²) >= 11 is 1.25. The quantitative estimate of drug-likeness (QED) is 0.807. The molecule has 8 heteroatoms. The van der Waals surface area contributed by atoms with Crippen LogP contribution in [0.3, 0.4) is 0 Å². The van der Waals surface area contributed by atoms with Gasteiger partial charge >= 0.3 is 0 Å². The van der Waals surface area contributed by atoms with Crippen molar-refractivity contribution in [1.82, 2.24) is 9.27 Å². The molecule has 1 amide bonds. The Morgan fingerprint density at radius 1 is 1.55 bits per heavy atom. The Balaban J connectivity index is 1.79. The van der Waals surface area contributed by atoms with Crippen LogP contribution < -0.4 is 15.8 Å². The second-order valence-corrected chi connectivity index (χ2v) is 5.10. The molecule has 20 heavy (non-hydrogen) atoms. The Hall–Kier alpha value is -1.54. The summed E-state index contributed by atoms with van der Waals surface area (Å²) in [4.78, 5) is 13.8. The maximum Gasteiger partial charge on any atom is 0.224 e. The first-order valence-electron chi connectivity index (χ1n) is 6.69. The lowest BCUT2D eigenvalue weighted by molar-refractivity contribution is -0.134. The maximum absolute atomic E-state index is 12.0. The van der Waals surface area contributed by atoms with E-state index >= 15 is 0 Å². The first-order valence-corrected chi connectivity index (χ1v) is 7.47. The molecule has 2 rings (SSSR count). The molecule has 112 valence electrons. The molecule has 1 aliphatic rings. The van der Waals surface area contributed by atoms with Gasteiger partial charge in [0, 0.05) is 26.1 Å². The van der Waals surface area contributed by atoms with E-state index in [-0.39, 0.29) is 5.91 Å². The van der Waals surface area contributed by atoms with E-state index in [0.717, 1.165) is 5.00 Å². The highest BCUT2D eigenvalue weighted by molar-refractivity contribution is 7.11. The van der Waals surface area contributed by atoms with Crippen molar-refractivity contribution in [2.24, 2.45) is 0 Å². The van der Waals surface area contributed by atoms with Crippen LogP contribution in [0, 0.1) is 0 Å².